The van der Waals surface area contributed by atoms with E-state index in [1.807, 2.05) is 49.4 Å². The lowest BCUT2D eigenvalue weighted by Gasteiger charge is -2.27. The molecule has 7 nitrogen and oxygen atoms in total. The van der Waals surface area contributed by atoms with Crippen molar-refractivity contribution >= 4 is 23.4 Å². The minimum Gasteiger partial charge on any atom is -0.472 e. The molecular weight excluding hydrogens is 414 g/mol. The predicted molar refractivity (Wildman–Crippen MR) is 130 cm³/mol. The van der Waals surface area contributed by atoms with E-state index in [1.165, 1.54) is 0 Å². The van der Waals surface area contributed by atoms with Crippen LogP contribution >= 0.6 is 0 Å². The molecule has 0 spiro atoms. The number of fused-ring (bicyclic) bond motifs is 1. The summed E-state index contributed by atoms with van der Waals surface area (Å²) in [6.45, 7) is 4.85. The number of furan rings is 1. The highest BCUT2D eigenvalue weighted by molar-refractivity contribution is 6.03. The van der Waals surface area contributed by atoms with Crippen LogP contribution in [0.25, 0.3) is 22.5 Å². The van der Waals surface area contributed by atoms with Crippen molar-refractivity contribution in [1.29, 1.82) is 0 Å². The molecule has 1 aliphatic rings. The highest BCUT2D eigenvalue weighted by atomic mass is 16.3. The molecule has 2 amide bonds. The minimum absolute atomic E-state index is 0.0453. The van der Waals surface area contributed by atoms with Gasteiger partial charge in [0.1, 0.15) is 5.82 Å². The van der Waals surface area contributed by atoms with Gasteiger partial charge in [-0.25, -0.2) is 14.8 Å². The summed E-state index contributed by atoms with van der Waals surface area (Å²) in [6, 6.07) is 19.2. The fraction of sp³-hybridized carbons (Fsp3) is 0.192. The summed E-state index contributed by atoms with van der Waals surface area (Å²) in [7, 11) is 0. The van der Waals surface area contributed by atoms with Gasteiger partial charge >= 0.3 is 6.03 Å². The Hall–Kier alpha value is -4.13. The number of carbonyl (C=O) groups is 1. The molecule has 166 valence electrons. The lowest BCUT2D eigenvalue weighted by atomic mass is 10.1. The zero-order valence-corrected chi connectivity index (χ0v) is 18.6. The molecule has 3 aromatic heterocycles. The summed E-state index contributed by atoms with van der Waals surface area (Å²) >= 11 is 0. The molecule has 33 heavy (non-hydrogen) atoms. The van der Waals surface area contributed by atoms with Crippen LogP contribution in [-0.4, -0.2) is 28.6 Å². The number of nitrogens with zero attached hydrogens (tertiary/aromatic N) is 3. The Labute approximate surface area is 192 Å². The van der Waals surface area contributed by atoms with Gasteiger partial charge in [0.25, 0.3) is 0 Å². The number of benzene rings is 1. The Morgan fingerprint density at radius 3 is 2.73 bits per heavy atom. The highest BCUT2D eigenvalue weighted by Gasteiger charge is 2.29. The second kappa shape index (κ2) is 8.78. The van der Waals surface area contributed by atoms with Gasteiger partial charge in [0.15, 0.2) is 5.82 Å². The van der Waals surface area contributed by atoms with Crippen molar-refractivity contribution in [2.45, 2.75) is 26.3 Å². The predicted octanol–water partition coefficient (Wildman–Crippen LogP) is 5.95. The molecule has 0 saturated heterocycles. The van der Waals surface area contributed by atoms with Gasteiger partial charge in [0.2, 0.25) is 0 Å². The van der Waals surface area contributed by atoms with Crippen LogP contribution in [0.4, 0.5) is 22.1 Å². The van der Waals surface area contributed by atoms with Crippen LogP contribution < -0.4 is 15.5 Å². The number of aromatic nitrogens is 2. The van der Waals surface area contributed by atoms with Gasteiger partial charge in [-0.1, -0.05) is 29.8 Å². The van der Waals surface area contributed by atoms with Crippen LogP contribution in [0.1, 0.15) is 18.9 Å². The maximum atomic E-state index is 13.5. The third kappa shape index (κ3) is 4.30. The van der Waals surface area contributed by atoms with E-state index in [2.05, 4.69) is 34.7 Å². The molecule has 4 aromatic rings. The molecule has 2 N–H and O–H groups in total. The third-order valence-corrected chi connectivity index (χ3v) is 5.76. The maximum Gasteiger partial charge on any atom is 0.328 e. The first-order valence-corrected chi connectivity index (χ1v) is 11.0. The second-order valence-electron chi connectivity index (χ2n) is 8.22. The Bertz CT molecular complexity index is 1290. The maximum absolute atomic E-state index is 13.5. The first-order chi connectivity index (χ1) is 16.1. The van der Waals surface area contributed by atoms with E-state index in [4.69, 9.17) is 9.40 Å². The number of carbonyl (C=O) groups excluding carboxylic acids is 1. The van der Waals surface area contributed by atoms with Gasteiger partial charge < -0.3 is 9.73 Å². The molecule has 5 rings (SSSR count). The van der Waals surface area contributed by atoms with Gasteiger partial charge in [-0.3, -0.25) is 10.2 Å². The summed E-state index contributed by atoms with van der Waals surface area (Å²) in [5.41, 5.74) is 5.43. The van der Waals surface area contributed by atoms with Crippen LogP contribution in [0.15, 0.2) is 77.6 Å². The second-order valence-corrected chi connectivity index (χ2v) is 8.22. The minimum atomic E-state index is -0.266. The molecule has 0 bridgehead atoms. The van der Waals surface area contributed by atoms with Crippen molar-refractivity contribution in [2.24, 2.45) is 0 Å². The number of pyridine rings is 2. The summed E-state index contributed by atoms with van der Waals surface area (Å²) in [5, 5.41) is 6.37. The number of amides is 2. The molecule has 1 aliphatic heterocycles. The van der Waals surface area contributed by atoms with Crippen LogP contribution in [0, 0.1) is 6.92 Å². The van der Waals surface area contributed by atoms with Gasteiger partial charge in [0, 0.05) is 23.7 Å². The molecular formula is C26H25N5O2. The van der Waals surface area contributed by atoms with Gasteiger partial charge in [-0.15, -0.1) is 0 Å². The fourth-order valence-electron chi connectivity index (χ4n) is 4.03. The summed E-state index contributed by atoms with van der Waals surface area (Å²) in [4.78, 5) is 24.7. The fourth-order valence-corrected chi connectivity index (χ4v) is 4.03. The Morgan fingerprint density at radius 1 is 1.06 bits per heavy atom. The molecule has 0 fully saturated rings. The monoisotopic (exact) mass is 439 g/mol. The molecule has 0 aliphatic carbocycles. The molecule has 0 saturated carbocycles. The van der Waals surface area contributed by atoms with Crippen LogP contribution in [0.3, 0.4) is 0 Å². The van der Waals surface area contributed by atoms with E-state index in [-0.39, 0.29) is 12.1 Å². The number of urea groups is 1. The number of anilines is 3. The molecule has 0 unspecified atom stereocenters. The number of nitrogens with one attached hydrogen (secondary N) is 2. The van der Waals surface area contributed by atoms with E-state index < -0.39 is 0 Å². The average molecular weight is 440 g/mol. The van der Waals surface area contributed by atoms with Crippen molar-refractivity contribution < 1.29 is 9.21 Å². The zero-order valence-electron chi connectivity index (χ0n) is 18.6. The number of rotatable bonds is 3. The molecule has 4 heterocycles. The Kier molecular flexibility index (Phi) is 5.52. The Balaban J connectivity index is 1.48. The normalized spacial score (nSPS) is 15.3. The van der Waals surface area contributed by atoms with Crippen LogP contribution in [0.2, 0.25) is 0 Å². The average Bonchev–Trinajstić information content (AvgIpc) is 3.30. The van der Waals surface area contributed by atoms with E-state index in [0.29, 0.717) is 11.6 Å². The Morgan fingerprint density at radius 2 is 1.91 bits per heavy atom. The number of hydrogen-bond donors (Lipinski definition) is 2. The highest BCUT2D eigenvalue weighted by Crippen LogP contribution is 2.33. The SMILES string of the molecule is Cc1cccc(-c2ccc3c(n2)N(C(=O)Nc2cccc(-c4ccoc4)n2)[C@H](C)CCN3)c1. The molecule has 0 radical (unpaired) electrons. The molecule has 7 heteroatoms. The summed E-state index contributed by atoms with van der Waals surface area (Å²) in [6.07, 6.45) is 4.03. The lowest BCUT2D eigenvalue weighted by Crippen LogP contribution is -2.42. The zero-order chi connectivity index (χ0) is 22.8. The van der Waals surface area contributed by atoms with Crippen molar-refractivity contribution in [3.8, 4) is 22.5 Å². The van der Waals surface area contributed by atoms with E-state index in [0.717, 1.165) is 46.7 Å². The van der Waals surface area contributed by atoms with E-state index in [1.54, 1.807) is 23.5 Å². The van der Waals surface area contributed by atoms with E-state index in [9.17, 15) is 4.79 Å². The standard InChI is InChI=1S/C26H25N5O2/c1-17-5-3-6-19(15-17)22-9-10-23-25(29-22)31(18(2)11-13-27-23)26(32)30-24-8-4-7-21(28-24)20-12-14-33-16-20/h3-10,12,14-16,18,27H,11,13H2,1-2H3,(H,28,30,32)/t18-/m1/s1. The van der Waals surface area contributed by atoms with Crippen LogP contribution in [-0.2, 0) is 0 Å². The third-order valence-electron chi connectivity index (χ3n) is 5.76. The van der Waals surface area contributed by atoms with Gasteiger partial charge in [0.05, 0.1) is 29.6 Å². The topological polar surface area (TPSA) is 83.3 Å². The largest absolute Gasteiger partial charge is 0.472 e. The van der Waals surface area contributed by atoms with Gasteiger partial charge in [-0.2, -0.15) is 0 Å². The first kappa shape index (κ1) is 20.8. The first-order valence-electron chi connectivity index (χ1n) is 11.0. The summed E-state index contributed by atoms with van der Waals surface area (Å²) < 4.78 is 5.16. The van der Waals surface area contributed by atoms with E-state index >= 15 is 0 Å². The molecule has 1 aromatic carbocycles. The van der Waals surface area contributed by atoms with Crippen LogP contribution in [0.5, 0.6) is 0 Å². The summed E-state index contributed by atoms with van der Waals surface area (Å²) in [5.74, 6) is 1.09. The van der Waals surface area contributed by atoms with Crippen molar-refractivity contribution in [3.05, 3.63) is 78.8 Å². The van der Waals surface area contributed by atoms with Crippen molar-refractivity contribution in [2.75, 3.05) is 22.1 Å². The molecule has 1 atom stereocenters. The quantitative estimate of drug-likeness (QED) is 0.412. The number of aryl methyl sites for hydroxylation is 1. The number of hydrogen-bond acceptors (Lipinski definition) is 5. The smallest absolute Gasteiger partial charge is 0.328 e. The van der Waals surface area contributed by atoms with Crippen molar-refractivity contribution in [1.82, 2.24) is 9.97 Å². The lowest BCUT2D eigenvalue weighted by molar-refractivity contribution is 0.255. The van der Waals surface area contributed by atoms with Crippen molar-refractivity contribution in [3.63, 3.8) is 0 Å². The van der Waals surface area contributed by atoms with Gasteiger partial charge in [-0.05, 0) is 56.7 Å².